The number of nitrogens with zero attached hydrogens (tertiary/aromatic N) is 1. The molecule has 0 N–H and O–H groups in total. The van der Waals surface area contributed by atoms with Crippen LogP contribution < -0.4 is 0 Å². The van der Waals surface area contributed by atoms with Crippen LogP contribution in [0.3, 0.4) is 0 Å². The largest absolute Gasteiger partial charge is 0.337 e. The lowest BCUT2D eigenvalue weighted by molar-refractivity contribution is -0.120. The van der Waals surface area contributed by atoms with Crippen molar-refractivity contribution in [1.29, 1.82) is 0 Å². The van der Waals surface area contributed by atoms with Crippen LogP contribution in [-0.2, 0) is 4.79 Å². The summed E-state index contributed by atoms with van der Waals surface area (Å²) in [6.07, 6.45) is 1.02. The van der Waals surface area contributed by atoms with Crippen LogP contribution in [0.2, 0.25) is 0 Å². The SMILES string of the molecule is Cc1csc(C(=O)N2CCC(=O)CC2)c1. The van der Waals surface area contributed by atoms with Crippen LogP contribution in [-0.4, -0.2) is 29.7 Å². The Morgan fingerprint density at radius 2 is 2.07 bits per heavy atom. The zero-order valence-corrected chi connectivity index (χ0v) is 9.47. The Hall–Kier alpha value is -1.16. The molecular formula is C11H13NO2S. The van der Waals surface area contributed by atoms with E-state index < -0.39 is 0 Å². The molecule has 0 aliphatic carbocycles. The highest BCUT2D eigenvalue weighted by molar-refractivity contribution is 7.12. The van der Waals surface area contributed by atoms with Gasteiger partial charge in [-0.25, -0.2) is 0 Å². The van der Waals surface area contributed by atoms with E-state index in [-0.39, 0.29) is 11.7 Å². The average Bonchev–Trinajstić information content (AvgIpc) is 2.65. The summed E-state index contributed by atoms with van der Waals surface area (Å²) in [6, 6.07) is 1.91. The first-order chi connectivity index (χ1) is 7.16. The first kappa shape index (κ1) is 10.4. The second kappa shape index (κ2) is 4.14. The Morgan fingerprint density at radius 3 is 2.60 bits per heavy atom. The summed E-state index contributed by atoms with van der Waals surface area (Å²) in [6.45, 7) is 3.14. The number of aryl methyl sites for hydroxylation is 1. The summed E-state index contributed by atoms with van der Waals surface area (Å²) in [5, 5.41) is 1.97. The van der Waals surface area contributed by atoms with E-state index in [1.807, 2.05) is 18.4 Å². The monoisotopic (exact) mass is 223 g/mol. The molecule has 0 aromatic carbocycles. The summed E-state index contributed by atoms with van der Waals surface area (Å²) in [7, 11) is 0. The normalized spacial score (nSPS) is 16.9. The van der Waals surface area contributed by atoms with Crippen molar-refractivity contribution in [3.8, 4) is 0 Å². The molecule has 0 spiro atoms. The number of likely N-dealkylation sites (tertiary alicyclic amines) is 1. The van der Waals surface area contributed by atoms with Crippen LogP contribution in [0.1, 0.15) is 28.1 Å². The van der Waals surface area contributed by atoms with Gasteiger partial charge < -0.3 is 4.90 Å². The second-order valence-corrected chi connectivity index (χ2v) is 4.73. The minimum absolute atomic E-state index is 0.0700. The van der Waals surface area contributed by atoms with Crippen LogP contribution >= 0.6 is 11.3 Å². The molecule has 2 heterocycles. The molecule has 1 aliphatic rings. The highest BCUT2D eigenvalue weighted by atomic mass is 32.1. The van der Waals surface area contributed by atoms with E-state index in [1.165, 1.54) is 11.3 Å². The number of carbonyl (C=O) groups excluding carboxylic acids is 2. The van der Waals surface area contributed by atoms with Gasteiger partial charge in [0.15, 0.2) is 0 Å². The fourth-order valence-electron chi connectivity index (χ4n) is 1.66. The summed E-state index contributed by atoms with van der Waals surface area (Å²) in [5.41, 5.74) is 1.12. The zero-order valence-electron chi connectivity index (χ0n) is 8.66. The fourth-order valence-corrected chi connectivity index (χ4v) is 2.52. The first-order valence-electron chi connectivity index (χ1n) is 5.03. The van der Waals surface area contributed by atoms with Crippen molar-refractivity contribution in [2.75, 3.05) is 13.1 Å². The quantitative estimate of drug-likeness (QED) is 0.728. The fraction of sp³-hybridized carbons (Fsp3) is 0.455. The van der Waals surface area contributed by atoms with Gasteiger partial charge in [-0.2, -0.15) is 0 Å². The van der Waals surface area contributed by atoms with E-state index in [9.17, 15) is 9.59 Å². The van der Waals surface area contributed by atoms with Gasteiger partial charge in [-0.05, 0) is 23.9 Å². The van der Waals surface area contributed by atoms with Crippen molar-refractivity contribution in [3.05, 3.63) is 21.9 Å². The average molecular weight is 223 g/mol. The molecule has 4 heteroatoms. The highest BCUT2D eigenvalue weighted by Gasteiger charge is 2.22. The van der Waals surface area contributed by atoms with E-state index in [2.05, 4.69) is 0 Å². The van der Waals surface area contributed by atoms with E-state index in [0.717, 1.165) is 10.4 Å². The Morgan fingerprint density at radius 1 is 1.40 bits per heavy atom. The van der Waals surface area contributed by atoms with Gasteiger partial charge in [0.1, 0.15) is 5.78 Å². The van der Waals surface area contributed by atoms with Gasteiger partial charge in [0.05, 0.1) is 4.88 Å². The third-order valence-corrected chi connectivity index (χ3v) is 3.59. The molecule has 15 heavy (non-hydrogen) atoms. The molecule has 1 aromatic rings. The molecule has 0 unspecified atom stereocenters. The van der Waals surface area contributed by atoms with Gasteiger partial charge in [0, 0.05) is 25.9 Å². The smallest absolute Gasteiger partial charge is 0.263 e. The topological polar surface area (TPSA) is 37.4 Å². The van der Waals surface area contributed by atoms with Crippen molar-refractivity contribution in [2.24, 2.45) is 0 Å². The molecule has 1 amide bonds. The molecule has 1 fully saturated rings. The number of hydrogen-bond acceptors (Lipinski definition) is 3. The molecule has 0 saturated carbocycles. The van der Waals surface area contributed by atoms with Gasteiger partial charge in [-0.3, -0.25) is 9.59 Å². The van der Waals surface area contributed by atoms with Crippen LogP contribution in [0.5, 0.6) is 0 Å². The number of hydrogen-bond donors (Lipinski definition) is 0. The van der Waals surface area contributed by atoms with E-state index in [1.54, 1.807) is 4.90 Å². The van der Waals surface area contributed by atoms with E-state index in [4.69, 9.17) is 0 Å². The zero-order chi connectivity index (χ0) is 10.8. The Kier molecular flexibility index (Phi) is 2.86. The van der Waals surface area contributed by atoms with Crippen molar-refractivity contribution in [3.63, 3.8) is 0 Å². The van der Waals surface area contributed by atoms with Crippen LogP contribution in [0, 0.1) is 6.92 Å². The lowest BCUT2D eigenvalue weighted by Gasteiger charge is -2.25. The van der Waals surface area contributed by atoms with E-state index in [0.29, 0.717) is 25.9 Å². The molecule has 1 aromatic heterocycles. The Labute approximate surface area is 92.7 Å². The van der Waals surface area contributed by atoms with E-state index >= 15 is 0 Å². The molecule has 80 valence electrons. The van der Waals surface area contributed by atoms with Gasteiger partial charge in [0.2, 0.25) is 0 Å². The van der Waals surface area contributed by atoms with Gasteiger partial charge >= 0.3 is 0 Å². The lowest BCUT2D eigenvalue weighted by atomic mass is 10.1. The number of rotatable bonds is 1. The maximum atomic E-state index is 11.9. The standard InChI is InChI=1S/C11H13NO2S/c1-8-6-10(15-7-8)11(14)12-4-2-9(13)3-5-12/h6-7H,2-5H2,1H3. The van der Waals surface area contributed by atoms with Gasteiger partial charge in [-0.1, -0.05) is 0 Å². The van der Waals surface area contributed by atoms with Crippen molar-refractivity contribution >= 4 is 23.0 Å². The molecule has 0 atom stereocenters. The lowest BCUT2D eigenvalue weighted by Crippen LogP contribution is -2.38. The molecule has 1 saturated heterocycles. The number of amides is 1. The number of thiophene rings is 1. The van der Waals surface area contributed by atoms with Crippen LogP contribution in [0.15, 0.2) is 11.4 Å². The predicted octanol–water partition coefficient (Wildman–Crippen LogP) is 1.86. The highest BCUT2D eigenvalue weighted by Crippen LogP contribution is 2.18. The molecule has 0 radical (unpaired) electrons. The molecular weight excluding hydrogens is 210 g/mol. The van der Waals surface area contributed by atoms with Crippen molar-refractivity contribution < 1.29 is 9.59 Å². The molecule has 0 bridgehead atoms. The second-order valence-electron chi connectivity index (χ2n) is 3.82. The third kappa shape index (κ3) is 2.26. The van der Waals surface area contributed by atoms with Crippen molar-refractivity contribution in [2.45, 2.75) is 19.8 Å². The summed E-state index contributed by atoms with van der Waals surface area (Å²) in [5.74, 6) is 0.335. The minimum Gasteiger partial charge on any atom is -0.337 e. The third-order valence-electron chi connectivity index (χ3n) is 2.55. The Bertz CT molecular complexity index is 387. The Balaban J connectivity index is 2.05. The summed E-state index contributed by atoms with van der Waals surface area (Å²) in [4.78, 5) is 25.5. The summed E-state index contributed by atoms with van der Waals surface area (Å²) < 4.78 is 0. The number of ketones is 1. The van der Waals surface area contributed by atoms with Crippen LogP contribution in [0.4, 0.5) is 0 Å². The molecule has 1 aliphatic heterocycles. The van der Waals surface area contributed by atoms with Gasteiger partial charge in [-0.15, -0.1) is 11.3 Å². The summed E-state index contributed by atoms with van der Waals surface area (Å²) >= 11 is 1.48. The van der Waals surface area contributed by atoms with Gasteiger partial charge in [0.25, 0.3) is 5.91 Å². The molecule has 3 nitrogen and oxygen atoms in total. The predicted molar refractivity (Wildman–Crippen MR) is 59.2 cm³/mol. The maximum Gasteiger partial charge on any atom is 0.263 e. The number of Topliss-reactive ketones (excluding diaryl/α,β-unsaturated/α-hetero) is 1. The first-order valence-corrected chi connectivity index (χ1v) is 5.91. The number of carbonyl (C=O) groups is 2. The maximum absolute atomic E-state index is 11.9. The van der Waals surface area contributed by atoms with Crippen LogP contribution in [0.25, 0.3) is 0 Å². The molecule has 2 rings (SSSR count). The minimum atomic E-state index is 0.0700. The number of piperidine rings is 1. The van der Waals surface area contributed by atoms with Crippen molar-refractivity contribution in [1.82, 2.24) is 4.90 Å².